The van der Waals surface area contributed by atoms with E-state index in [1.807, 2.05) is 0 Å². The summed E-state index contributed by atoms with van der Waals surface area (Å²) in [6, 6.07) is 4.30. The summed E-state index contributed by atoms with van der Waals surface area (Å²) in [6.07, 6.45) is 0. The molecule has 0 bridgehead atoms. The first-order valence-corrected chi connectivity index (χ1v) is 9.19. The predicted octanol–water partition coefficient (Wildman–Crippen LogP) is 3.48. The Morgan fingerprint density at radius 3 is 2.71 bits per heavy atom. The Balaban J connectivity index is 2.30. The molecule has 1 aromatic heterocycles. The molecule has 21 heavy (non-hydrogen) atoms. The molecular formula is C13H14BrFN2O2S2. The normalized spacial score (nSPS) is 11.6. The van der Waals surface area contributed by atoms with E-state index in [0.29, 0.717) is 16.6 Å². The molecule has 0 aliphatic rings. The number of hydrogen-bond donors (Lipinski definition) is 2. The summed E-state index contributed by atoms with van der Waals surface area (Å²) in [5, 5.41) is 4.53. The molecule has 1 heterocycles. The Labute approximate surface area is 135 Å². The molecule has 8 heteroatoms. The quantitative estimate of drug-likeness (QED) is 0.818. The number of thiophene rings is 1. The number of nitrogens with one attached hydrogen (secondary N) is 2. The highest BCUT2D eigenvalue weighted by molar-refractivity contribution is 9.10. The maximum absolute atomic E-state index is 13.6. The van der Waals surface area contributed by atoms with Crippen molar-refractivity contribution in [1.29, 1.82) is 0 Å². The van der Waals surface area contributed by atoms with Gasteiger partial charge in [0.15, 0.2) is 0 Å². The molecule has 0 spiro atoms. The van der Waals surface area contributed by atoms with E-state index in [0.717, 1.165) is 10.9 Å². The van der Waals surface area contributed by atoms with Gasteiger partial charge in [0.25, 0.3) is 10.0 Å². The van der Waals surface area contributed by atoms with Crippen LogP contribution in [0.25, 0.3) is 0 Å². The molecular weight excluding hydrogens is 379 g/mol. The molecule has 0 aliphatic heterocycles. The first-order chi connectivity index (χ1) is 9.83. The highest BCUT2D eigenvalue weighted by Gasteiger charge is 2.18. The number of anilines is 1. The van der Waals surface area contributed by atoms with Gasteiger partial charge in [0.05, 0.1) is 15.1 Å². The van der Waals surface area contributed by atoms with Crippen LogP contribution >= 0.6 is 27.3 Å². The molecule has 0 atom stereocenters. The van der Waals surface area contributed by atoms with Gasteiger partial charge in [0.2, 0.25) is 0 Å². The van der Waals surface area contributed by atoms with Crippen LogP contribution in [0.5, 0.6) is 0 Å². The van der Waals surface area contributed by atoms with Gasteiger partial charge in [-0.15, -0.1) is 11.3 Å². The second-order valence-electron chi connectivity index (χ2n) is 4.47. The van der Waals surface area contributed by atoms with E-state index in [-0.39, 0.29) is 10.6 Å². The van der Waals surface area contributed by atoms with Gasteiger partial charge in [-0.3, -0.25) is 4.72 Å². The molecule has 0 unspecified atom stereocenters. The van der Waals surface area contributed by atoms with Gasteiger partial charge in [-0.25, -0.2) is 12.8 Å². The zero-order chi connectivity index (χ0) is 15.6. The number of aryl methyl sites for hydroxylation is 1. The van der Waals surface area contributed by atoms with Crippen molar-refractivity contribution in [2.24, 2.45) is 0 Å². The topological polar surface area (TPSA) is 58.2 Å². The lowest BCUT2D eigenvalue weighted by Gasteiger charge is -2.10. The Kier molecular flexibility index (Phi) is 5.03. The van der Waals surface area contributed by atoms with Gasteiger partial charge in [0, 0.05) is 16.8 Å². The summed E-state index contributed by atoms with van der Waals surface area (Å²) in [7, 11) is -1.92. The van der Waals surface area contributed by atoms with E-state index in [2.05, 4.69) is 26.0 Å². The van der Waals surface area contributed by atoms with Crippen molar-refractivity contribution in [3.05, 3.63) is 44.3 Å². The fourth-order valence-corrected chi connectivity index (χ4v) is 4.59. The predicted molar refractivity (Wildman–Crippen MR) is 86.7 cm³/mol. The molecule has 2 aromatic rings. The molecule has 0 saturated heterocycles. The van der Waals surface area contributed by atoms with E-state index >= 15 is 0 Å². The van der Waals surface area contributed by atoms with Gasteiger partial charge in [-0.05, 0) is 53.7 Å². The minimum Gasteiger partial charge on any atom is -0.315 e. The van der Waals surface area contributed by atoms with Crippen LogP contribution in [0.1, 0.15) is 10.4 Å². The highest BCUT2D eigenvalue weighted by Crippen LogP contribution is 2.27. The summed E-state index contributed by atoms with van der Waals surface area (Å²) in [5.41, 5.74) is 0.870. The van der Waals surface area contributed by atoms with Crippen LogP contribution in [0.15, 0.2) is 32.9 Å². The lowest BCUT2D eigenvalue weighted by Crippen LogP contribution is -2.13. The average Bonchev–Trinajstić information content (AvgIpc) is 2.86. The molecule has 0 radical (unpaired) electrons. The van der Waals surface area contributed by atoms with Crippen molar-refractivity contribution in [3.8, 4) is 0 Å². The molecule has 114 valence electrons. The van der Waals surface area contributed by atoms with Crippen molar-refractivity contribution in [1.82, 2.24) is 5.32 Å². The Morgan fingerprint density at radius 2 is 2.05 bits per heavy atom. The van der Waals surface area contributed by atoms with Gasteiger partial charge in [0.1, 0.15) is 5.82 Å². The van der Waals surface area contributed by atoms with Crippen molar-refractivity contribution >= 4 is 43.0 Å². The summed E-state index contributed by atoms with van der Waals surface area (Å²) < 4.78 is 40.9. The van der Waals surface area contributed by atoms with Crippen LogP contribution in [-0.2, 0) is 16.6 Å². The number of rotatable bonds is 5. The summed E-state index contributed by atoms with van der Waals surface area (Å²) in [5.74, 6) is -0.514. The summed E-state index contributed by atoms with van der Waals surface area (Å²) >= 11 is 4.43. The molecule has 0 saturated carbocycles. The number of halogens is 2. The largest absolute Gasteiger partial charge is 0.315 e. The van der Waals surface area contributed by atoms with E-state index < -0.39 is 15.8 Å². The first-order valence-electron chi connectivity index (χ1n) is 6.04. The monoisotopic (exact) mass is 392 g/mol. The maximum Gasteiger partial charge on any atom is 0.262 e. The van der Waals surface area contributed by atoms with Crippen molar-refractivity contribution < 1.29 is 12.8 Å². The van der Waals surface area contributed by atoms with Gasteiger partial charge >= 0.3 is 0 Å². The van der Waals surface area contributed by atoms with E-state index in [4.69, 9.17) is 0 Å². The Hall–Kier alpha value is -0.960. The van der Waals surface area contributed by atoms with Crippen molar-refractivity contribution in [3.63, 3.8) is 0 Å². The molecule has 0 amide bonds. The minimum absolute atomic E-state index is 0.181. The molecule has 2 rings (SSSR count). The van der Waals surface area contributed by atoms with Crippen LogP contribution < -0.4 is 10.0 Å². The van der Waals surface area contributed by atoms with Crippen molar-refractivity contribution in [2.45, 2.75) is 18.4 Å². The van der Waals surface area contributed by atoms with Crippen molar-refractivity contribution in [2.75, 3.05) is 11.8 Å². The molecule has 4 nitrogen and oxygen atoms in total. The SMILES string of the molecule is CNCc1cc(S(=O)(=O)Nc2cc(F)c(Br)cc2C)cs1. The van der Waals surface area contributed by atoms with Gasteiger partial charge in [-0.2, -0.15) is 0 Å². The molecule has 2 N–H and O–H groups in total. The number of benzene rings is 1. The summed E-state index contributed by atoms with van der Waals surface area (Å²) in [4.78, 5) is 1.09. The minimum atomic E-state index is -3.71. The second kappa shape index (κ2) is 6.43. The Morgan fingerprint density at radius 1 is 1.33 bits per heavy atom. The van der Waals surface area contributed by atoms with Crippen LogP contribution in [0.2, 0.25) is 0 Å². The van der Waals surface area contributed by atoms with Crippen LogP contribution in [-0.4, -0.2) is 15.5 Å². The number of hydrogen-bond acceptors (Lipinski definition) is 4. The standard InChI is InChI=1S/C13H14BrFN2O2S2/c1-8-3-11(14)12(15)5-13(8)17-21(18,19)10-4-9(6-16-2)20-7-10/h3-5,7,16-17H,6H2,1-2H3. The summed E-state index contributed by atoms with van der Waals surface area (Å²) in [6.45, 7) is 2.31. The van der Waals surface area contributed by atoms with E-state index in [9.17, 15) is 12.8 Å². The average molecular weight is 393 g/mol. The van der Waals surface area contributed by atoms with Gasteiger partial charge in [-0.1, -0.05) is 0 Å². The highest BCUT2D eigenvalue weighted by atomic mass is 79.9. The third-order valence-electron chi connectivity index (χ3n) is 2.80. The first kappa shape index (κ1) is 16.4. The zero-order valence-corrected chi connectivity index (χ0v) is 14.6. The smallest absolute Gasteiger partial charge is 0.262 e. The number of sulfonamides is 1. The lowest BCUT2D eigenvalue weighted by molar-refractivity contribution is 0.601. The van der Waals surface area contributed by atoms with Crippen LogP contribution in [0.4, 0.5) is 10.1 Å². The maximum atomic E-state index is 13.6. The second-order valence-corrected chi connectivity index (χ2v) is 8.00. The zero-order valence-electron chi connectivity index (χ0n) is 11.4. The third kappa shape index (κ3) is 3.82. The third-order valence-corrected chi connectivity index (χ3v) is 5.84. The molecule has 1 aromatic carbocycles. The molecule has 0 fully saturated rings. The fourth-order valence-electron chi connectivity index (χ4n) is 1.73. The van der Waals surface area contributed by atoms with E-state index in [1.54, 1.807) is 25.4 Å². The van der Waals surface area contributed by atoms with Crippen LogP contribution in [0.3, 0.4) is 0 Å². The van der Waals surface area contributed by atoms with Gasteiger partial charge < -0.3 is 5.32 Å². The fraction of sp³-hybridized carbons (Fsp3) is 0.231. The molecule has 0 aliphatic carbocycles. The lowest BCUT2D eigenvalue weighted by atomic mass is 10.2. The van der Waals surface area contributed by atoms with Crippen LogP contribution in [0, 0.1) is 12.7 Å². The Bertz CT molecular complexity index is 760. The van der Waals surface area contributed by atoms with E-state index in [1.165, 1.54) is 17.4 Å².